The van der Waals surface area contributed by atoms with Gasteiger partial charge in [-0.3, -0.25) is 0 Å². The number of hydrogen-bond acceptors (Lipinski definition) is 2. The summed E-state index contributed by atoms with van der Waals surface area (Å²) >= 11 is 0. The number of nitrogen functional groups attached to an aromatic ring is 1. The minimum absolute atomic E-state index is 0.278. The Morgan fingerprint density at radius 3 is 2.76 bits per heavy atom. The lowest BCUT2D eigenvalue weighted by molar-refractivity contribution is 0.0698. The van der Waals surface area contributed by atoms with Crippen LogP contribution in [0.1, 0.15) is 15.9 Å². The predicted molar refractivity (Wildman–Crippen MR) is 69.2 cm³/mol. The molecule has 0 heterocycles. The number of hydrogen-bond donors (Lipinski definition) is 2. The summed E-state index contributed by atoms with van der Waals surface area (Å²) in [7, 11) is 0. The average molecular weight is 227 g/mol. The highest BCUT2D eigenvalue weighted by Crippen LogP contribution is 2.28. The van der Waals surface area contributed by atoms with E-state index in [2.05, 4.69) is 6.58 Å². The van der Waals surface area contributed by atoms with Crippen LogP contribution < -0.4 is 5.73 Å². The molecule has 2 rings (SSSR count). The molecule has 17 heavy (non-hydrogen) atoms. The Morgan fingerprint density at radius 1 is 1.41 bits per heavy atom. The Bertz CT molecular complexity index is 602. The first-order valence-electron chi connectivity index (χ1n) is 5.29. The van der Waals surface area contributed by atoms with E-state index in [9.17, 15) is 9.90 Å². The fourth-order valence-corrected chi connectivity index (χ4v) is 2.02. The maximum Gasteiger partial charge on any atom is 0.336 e. The second kappa shape index (κ2) is 4.29. The molecular weight excluding hydrogens is 214 g/mol. The van der Waals surface area contributed by atoms with Gasteiger partial charge < -0.3 is 10.8 Å². The number of carboxylic acid groups (broad SMARTS) is 1. The van der Waals surface area contributed by atoms with Crippen molar-refractivity contribution in [1.29, 1.82) is 0 Å². The molecule has 0 bridgehead atoms. The van der Waals surface area contributed by atoms with Crippen LogP contribution in [0.3, 0.4) is 0 Å². The van der Waals surface area contributed by atoms with Crippen LogP contribution in [0.2, 0.25) is 0 Å². The van der Waals surface area contributed by atoms with Crippen LogP contribution in [0.5, 0.6) is 0 Å². The van der Waals surface area contributed by atoms with Gasteiger partial charge in [-0.05, 0) is 28.8 Å². The molecule has 2 aromatic rings. The molecule has 86 valence electrons. The summed E-state index contributed by atoms with van der Waals surface area (Å²) in [4.78, 5) is 11.4. The first-order valence-corrected chi connectivity index (χ1v) is 5.29. The molecule has 0 aliphatic heterocycles. The monoisotopic (exact) mass is 227 g/mol. The first-order chi connectivity index (χ1) is 8.15. The van der Waals surface area contributed by atoms with Crippen molar-refractivity contribution in [2.75, 3.05) is 5.73 Å². The zero-order valence-electron chi connectivity index (χ0n) is 9.31. The van der Waals surface area contributed by atoms with Gasteiger partial charge in [0.25, 0.3) is 0 Å². The third kappa shape index (κ3) is 1.87. The SMILES string of the molecule is C=CCc1c(N)cc2ccccc2c1C(=O)O. The van der Waals surface area contributed by atoms with Gasteiger partial charge in [0.05, 0.1) is 5.56 Å². The summed E-state index contributed by atoms with van der Waals surface area (Å²) in [6, 6.07) is 9.14. The molecule has 0 amide bonds. The summed E-state index contributed by atoms with van der Waals surface area (Å²) < 4.78 is 0. The molecule has 0 unspecified atom stereocenters. The molecule has 3 nitrogen and oxygen atoms in total. The highest BCUT2D eigenvalue weighted by Gasteiger charge is 2.16. The number of aromatic carboxylic acids is 1. The second-order valence-corrected chi connectivity index (χ2v) is 3.84. The Balaban J connectivity index is 2.88. The van der Waals surface area contributed by atoms with Gasteiger partial charge in [0.1, 0.15) is 0 Å². The van der Waals surface area contributed by atoms with Crippen LogP contribution in [0.25, 0.3) is 10.8 Å². The van der Waals surface area contributed by atoms with Crippen LogP contribution in [-0.4, -0.2) is 11.1 Å². The second-order valence-electron chi connectivity index (χ2n) is 3.84. The Labute approximate surface area is 99.2 Å². The number of nitrogens with two attached hydrogens (primary N) is 1. The fourth-order valence-electron chi connectivity index (χ4n) is 2.02. The zero-order valence-corrected chi connectivity index (χ0v) is 9.31. The van der Waals surface area contributed by atoms with Crippen molar-refractivity contribution in [3.63, 3.8) is 0 Å². The van der Waals surface area contributed by atoms with Crippen LogP contribution in [0.4, 0.5) is 5.69 Å². The van der Waals surface area contributed by atoms with Crippen molar-refractivity contribution in [2.45, 2.75) is 6.42 Å². The van der Waals surface area contributed by atoms with E-state index in [1.807, 2.05) is 18.2 Å². The minimum atomic E-state index is -0.953. The highest BCUT2D eigenvalue weighted by atomic mass is 16.4. The molecule has 0 aliphatic rings. The Hall–Kier alpha value is -2.29. The lowest BCUT2D eigenvalue weighted by Crippen LogP contribution is -2.06. The maximum atomic E-state index is 11.4. The largest absolute Gasteiger partial charge is 0.478 e. The van der Waals surface area contributed by atoms with Crippen LogP contribution in [0, 0.1) is 0 Å². The van der Waals surface area contributed by atoms with Gasteiger partial charge in [-0.25, -0.2) is 4.79 Å². The van der Waals surface area contributed by atoms with Crippen molar-refractivity contribution in [1.82, 2.24) is 0 Å². The number of benzene rings is 2. The van der Waals surface area contributed by atoms with Crippen molar-refractivity contribution in [2.24, 2.45) is 0 Å². The quantitative estimate of drug-likeness (QED) is 0.626. The molecule has 0 aliphatic carbocycles. The molecule has 0 spiro atoms. The van der Waals surface area contributed by atoms with E-state index in [4.69, 9.17) is 5.73 Å². The van der Waals surface area contributed by atoms with E-state index < -0.39 is 5.97 Å². The van der Waals surface area contributed by atoms with Crippen molar-refractivity contribution < 1.29 is 9.90 Å². The Morgan fingerprint density at radius 2 is 2.12 bits per heavy atom. The number of fused-ring (bicyclic) bond motifs is 1. The smallest absolute Gasteiger partial charge is 0.336 e. The molecule has 0 saturated carbocycles. The van der Waals surface area contributed by atoms with Gasteiger partial charge in [0.15, 0.2) is 0 Å². The normalized spacial score (nSPS) is 10.4. The molecule has 0 fully saturated rings. The fraction of sp³-hybridized carbons (Fsp3) is 0.0714. The van der Waals surface area contributed by atoms with E-state index in [1.165, 1.54) is 0 Å². The lowest BCUT2D eigenvalue weighted by Gasteiger charge is -2.11. The maximum absolute atomic E-state index is 11.4. The highest BCUT2D eigenvalue weighted by molar-refractivity contribution is 6.07. The minimum Gasteiger partial charge on any atom is -0.478 e. The molecule has 0 radical (unpaired) electrons. The molecule has 3 N–H and O–H groups in total. The number of anilines is 1. The average Bonchev–Trinajstić information content (AvgIpc) is 2.29. The number of carbonyl (C=O) groups is 1. The summed E-state index contributed by atoms with van der Waals surface area (Å²) in [5.41, 5.74) is 7.31. The Kier molecular flexibility index (Phi) is 2.83. The van der Waals surface area contributed by atoms with Crippen LogP contribution in [0.15, 0.2) is 43.0 Å². The van der Waals surface area contributed by atoms with Crippen LogP contribution >= 0.6 is 0 Å². The summed E-state index contributed by atoms with van der Waals surface area (Å²) in [5.74, 6) is -0.953. The number of rotatable bonds is 3. The van der Waals surface area contributed by atoms with Crippen LogP contribution in [-0.2, 0) is 6.42 Å². The third-order valence-electron chi connectivity index (χ3n) is 2.75. The van der Waals surface area contributed by atoms with Gasteiger partial charge in [0.2, 0.25) is 0 Å². The molecule has 0 aromatic heterocycles. The van der Waals surface area contributed by atoms with Gasteiger partial charge in [-0.1, -0.05) is 30.3 Å². The standard InChI is InChI=1S/C14H13NO2/c1-2-5-11-12(15)8-9-6-3-4-7-10(9)13(11)14(16)17/h2-4,6-8H,1,5,15H2,(H,16,17). The molecule has 3 heteroatoms. The lowest BCUT2D eigenvalue weighted by atomic mass is 9.95. The van der Waals surface area contributed by atoms with E-state index in [0.717, 1.165) is 5.39 Å². The topological polar surface area (TPSA) is 63.3 Å². The van der Waals surface area contributed by atoms with Gasteiger partial charge in [-0.15, -0.1) is 6.58 Å². The third-order valence-corrected chi connectivity index (χ3v) is 2.75. The molecular formula is C14H13NO2. The van der Waals surface area contributed by atoms with Gasteiger partial charge >= 0.3 is 5.97 Å². The van der Waals surface area contributed by atoms with Crippen molar-refractivity contribution in [3.8, 4) is 0 Å². The van der Waals surface area contributed by atoms with E-state index in [-0.39, 0.29) is 5.56 Å². The van der Waals surface area contributed by atoms with Gasteiger partial charge in [-0.2, -0.15) is 0 Å². The van der Waals surface area contributed by atoms with Crippen molar-refractivity contribution in [3.05, 3.63) is 54.1 Å². The first kappa shape index (κ1) is 11.2. The predicted octanol–water partition coefficient (Wildman–Crippen LogP) is 2.85. The molecule has 0 saturated heterocycles. The summed E-state index contributed by atoms with van der Waals surface area (Å²) in [5, 5.41) is 10.9. The number of carboxylic acids is 1. The van der Waals surface area contributed by atoms with E-state index in [0.29, 0.717) is 23.1 Å². The van der Waals surface area contributed by atoms with Crippen molar-refractivity contribution >= 4 is 22.4 Å². The summed E-state index contributed by atoms with van der Waals surface area (Å²) in [6.45, 7) is 3.63. The molecule has 0 atom stereocenters. The number of allylic oxidation sites excluding steroid dienone is 1. The van der Waals surface area contributed by atoms with Gasteiger partial charge in [0, 0.05) is 5.69 Å². The summed E-state index contributed by atoms with van der Waals surface area (Å²) in [6.07, 6.45) is 2.12. The zero-order chi connectivity index (χ0) is 12.4. The molecule has 2 aromatic carbocycles. The van der Waals surface area contributed by atoms with E-state index >= 15 is 0 Å². The van der Waals surface area contributed by atoms with E-state index in [1.54, 1.807) is 18.2 Å².